The number of rotatable bonds is 9. The van der Waals surface area contributed by atoms with Crippen LogP contribution < -0.4 is 123 Å². The van der Waals surface area contributed by atoms with Crippen molar-refractivity contribution >= 4 is 13.5 Å². The fourth-order valence-electron chi connectivity index (χ4n) is 2.30. The SMILES string of the molecule is O=C(CP(=O)([O-])[O-])NCCCCc1cccc(Oc2ccccc2)c1.[K+].[K+]. The van der Waals surface area contributed by atoms with Crippen LogP contribution in [0.15, 0.2) is 54.6 Å². The van der Waals surface area contributed by atoms with Gasteiger partial charge in [-0.1, -0.05) is 37.9 Å². The maximum atomic E-state index is 11.2. The van der Waals surface area contributed by atoms with Gasteiger partial charge in [0.2, 0.25) is 5.91 Å². The Balaban J connectivity index is 0.00000338. The van der Waals surface area contributed by atoms with Gasteiger partial charge in [0, 0.05) is 6.54 Å². The van der Waals surface area contributed by atoms with Crippen molar-refractivity contribution in [2.75, 3.05) is 12.7 Å². The van der Waals surface area contributed by atoms with Gasteiger partial charge in [0.25, 0.3) is 0 Å². The minimum Gasteiger partial charge on any atom is -0.810 e. The molecule has 1 N–H and O–H groups in total. The topological polar surface area (TPSA) is 102 Å². The zero-order valence-corrected chi connectivity index (χ0v) is 22.9. The summed E-state index contributed by atoms with van der Waals surface area (Å²) >= 11 is 0. The molecule has 9 heteroatoms. The van der Waals surface area contributed by atoms with Gasteiger partial charge in [-0.05, 0) is 49.1 Å². The Bertz CT molecular complexity index is 740. The first-order chi connectivity index (χ1) is 11.9. The first-order valence-corrected chi connectivity index (χ1v) is 9.75. The van der Waals surface area contributed by atoms with E-state index in [1.165, 1.54) is 0 Å². The normalized spacial score (nSPS) is 10.3. The van der Waals surface area contributed by atoms with Gasteiger partial charge in [0.15, 0.2) is 0 Å². The van der Waals surface area contributed by atoms with E-state index in [1.807, 2.05) is 54.6 Å². The van der Waals surface area contributed by atoms with E-state index in [4.69, 9.17) is 4.74 Å². The number of nitrogens with one attached hydrogen (secondary N) is 1. The molecule has 27 heavy (non-hydrogen) atoms. The Hall–Kier alpha value is 1.13. The predicted molar refractivity (Wildman–Crippen MR) is 91.4 cm³/mol. The second-order valence-corrected chi connectivity index (χ2v) is 7.18. The predicted octanol–water partition coefficient (Wildman–Crippen LogP) is -4.16. The fraction of sp³-hybridized carbons (Fsp3) is 0.278. The summed E-state index contributed by atoms with van der Waals surface area (Å²) in [6, 6.07) is 17.3. The van der Waals surface area contributed by atoms with Crippen molar-refractivity contribution in [3.8, 4) is 11.5 Å². The molecule has 0 heterocycles. The average Bonchev–Trinajstić information content (AvgIpc) is 2.54. The molecule has 6 nitrogen and oxygen atoms in total. The first-order valence-electron chi connectivity index (χ1n) is 8.02. The molecule has 134 valence electrons. The zero-order valence-electron chi connectivity index (χ0n) is 15.7. The molecule has 0 unspecified atom stereocenters. The Morgan fingerprint density at radius 2 is 1.63 bits per heavy atom. The molecule has 2 aromatic carbocycles. The smallest absolute Gasteiger partial charge is 0.810 e. The molecule has 0 aliphatic heterocycles. The van der Waals surface area contributed by atoms with Crippen LogP contribution in [0, 0.1) is 0 Å². The van der Waals surface area contributed by atoms with Gasteiger partial charge in [-0.15, -0.1) is 0 Å². The van der Waals surface area contributed by atoms with Gasteiger partial charge in [-0.3, -0.25) is 4.79 Å². The van der Waals surface area contributed by atoms with E-state index in [1.54, 1.807) is 0 Å². The molecule has 2 rings (SSSR count). The van der Waals surface area contributed by atoms with Crippen LogP contribution in [-0.4, -0.2) is 18.6 Å². The zero-order chi connectivity index (χ0) is 18.1. The molecule has 0 atom stereocenters. The molecular formula is C18H20K2NO5P. The summed E-state index contributed by atoms with van der Waals surface area (Å²) in [5.74, 6) is 0.793. The van der Waals surface area contributed by atoms with Gasteiger partial charge in [0.05, 0.1) is 6.16 Å². The number of unbranched alkanes of at least 4 members (excludes halogenated alkanes) is 1. The standard InChI is InChI=1S/C18H22NO5P.2K/c20-18(14-25(21,22)23)19-12-5-4-7-15-8-6-11-17(13-15)24-16-9-2-1-3-10-16;;/h1-3,6,8-11,13H,4-5,7,12,14H2,(H,19,20)(H2,21,22,23);;/q;2*+1/p-2. The molecule has 0 fully saturated rings. The molecule has 2 aromatic rings. The largest absolute Gasteiger partial charge is 1.00 e. The third kappa shape index (κ3) is 13.1. The Morgan fingerprint density at radius 1 is 0.963 bits per heavy atom. The molecule has 0 spiro atoms. The fourth-order valence-corrected chi connectivity index (χ4v) is 2.77. The number of para-hydroxylation sites is 1. The van der Waals surface area contributed by atoms with E-state index in [2.05, 4.69) is 5.32 Å². The second-order valence-electron chi connectivity index (χ2n) is 5.64. The third-order valence-corrected chi connectivity index (χ3v) is 4.10. The quantitative estimate of drug-likeness (QED) is 0.243. The van der Waals surface area contributed by atoms with Crippen LogP contribution in [0.3, 0.4) is 0 Å². The summed E-state index contributed by atoms with van der Waals surface area (Å²) in [5, 5.41) is 2.43. The summed E-state index contributed by atoms with van der Waals surface area (Å²) in [6.07, 6.45) is 1.34. The Kier molecular flexibility index (Phi) is 15.6. The molecule has 0 radical (unpaired) electrons. The summed E-state index contributed by atoms with van der Waals surface area (Å²) in [6.45, 7) is 0.346. The van der Waals surface area contributed by atoms with E-state index in [0.717, 1.165) is 29.9 Å². The van der Waals surface area contributed by atoms with Crippen LogP contribution in [0.1, 0.15) is 18.4 Å². The molecule has 0 aliphatic carbocycles. The van der Waals surface area contributed by atoms with E-state index < -0.39 is 19.7 Å². The van der Waals surface area contributed by atoms with Crippen molar-refractivity contribution in [3.05, 3.63) is 60.2 Å². The van der Waals surface area contributed by atoms with Crippen molar-refractivity contribution in [1.29, 1.82) is 0 Å². The number of ether oxygens (including phenoxy) is 1. The van der Waals surface area contributed by atoms with Crippen LogP contribution >= 0.6 is 7.60 Å². The maximum absolute atomic E-state index is 11.2. The average molecular weight is 440 g/mol. The van der Waals surface area contributed by atoms with Gasteiger partial charge in [0.1, 0.15) is 11.5 Å². The molecular weight excluding hydrogens is 419 g/mol. The van der Waals surface area contributed by atoms with Gasteiger partial charge < -0.3 is 24.4 Å². The van der Waals surface area contributed by atoms with E-state index in [9.17, 15) is 19.1 Å². The van der Waals surface area contributed by atoms with Crippen molar-refractivity contribution in [3.63, 3.8) is 0 Å². The summed E-state index contributed by atoms with van der Waals surface area (Å²) in [7, 11) is -4.79. The second kappa shape index (κ2) is 15.0. The van der Waals surface area contributed by atoms with E-state index in [0.29, 0.717) is 13.0 Å². The minimum atomic E-state index is -4.79. The molecule has 0 bridgehead atoms. The number of carbonyl (C=O) groups is 1. The molecule has 0 aromatic heterocycles. The van der Waals surface area contributed by atoms with Crippen LogP contribution in [0.2, 0.25) is 0 Å². The monoisotopic (exact) mass is 439 g/mol. The van der Waals surface area contributed by atoms with Crippen LogP contribution in [0.25, 0.3) is 0 Å². The minimum absolute atomic E-state index is 0. The Labute approximate surface area is 244 Å². The number of hydrogen-bond donors (Lipinski definition) is 1. The van der Waals surface area contributed by atoms with Crippen molar-refractivity contribution in [2.24, 2.45) is 0 Å². The van der Waals surface area contributed by atoms with Crippen LogP contribution in [-0.2, 0) is 15.8 Å². The first kappa shape index (κ1) is 28.1. The van der Waals surface area contributed by atoms with E-state index >= 15 is 0 Å². The van der Waals surface area contributed by atoms with Gasteiger partial charge >= 0.3 is 103 Å². The van der Waals surface area contributed by atoms with Gasteiger partial charge in [-0.25, -0.2) is 0 Å². The summed E-state index contributed by atoms with van der Waals surface area (Å²) in [5.41, 5.74) is 1.11. The van der Waals surface area contributed by atoms with Crippen molar-refractivity contribution in [1.82, 2.24) is 5.32 Å². The molecule has 0 saturated heterocycles. The Morgan fingerprint density at radius 3 is 2.30 bits per heavy atom. The van der Waals surface area contributed by atoms with Crippen molar-refractivity contribution in [2.45, 2.75) is 19.3 Å². The van der Waals surface area contributed by atoms with Gasteiger partial charge in [-0.2, -0.15) is 0 Å². The number of carbonyl (C=O) groups excluding carboxylic acids is 1. The van der Waals surface area contributed by atoms with E-state index in [-0.39, 0.29) is 103 Å². The van der Waals surface area contributed by atoms with Crippen molar-refractivity contribution < 1.29 is 127 Å². The maximum Gasteiger partial charge on any atom is 1.00 e. The number of benzene rings is 2. The third-order valence-electron chi connectivity index (χ3n) is 3.43. The van der Waals surface area contributed by atoms with Crippen LogP contribution in [0.5, 0.6) is 11.5 Å². The summed E-state index contributed by atoms with van der Waals surface area (Å²) in [4.78, 5) is 32.2. The number of aryl methyl sites for hydroxylation is 1. The molecule has 0 aliphatic rings. The molecule has 1 amide bonds. The molecule has 0 saturated carbocycles. The van der Waals surface area contributed by atoms with Crippen LogP contribution in [0.4, 0.5) is 0 Å². The number of amides is 1. The summed E-state index contributed by atoms with van der Waals surface area (Å²) < 4.78 is 16.3. The number of hydrogen-bond acceptors (Lipinski definition) is 5.